The number of carbonyl (C=O) groups excluding carboxylic acids is 2. The largest absolute Gasteiger partial charge is 0.481 e. The van der Waals surface area contributed by atoms with Crippen LogP contribution < -0.4 is 0 Å². The van der Waals surface area contributed by atoms with E-state index in [1.54, 1.807) is 0 Å². The third kappa shape index (κ3) is 5.26. The highest BCUT2D eigenvalue weighted by Gasteiger charge is 2.24. The molecule has 0 aromatic carbocycles. The lowest BCUT2D eigenvalue weighted by Crippen LogP contribution is -2.37. The van der Waals surface area contributed by atoms with Crippen molar-refractivity contribution < 1.29 is 19.5 Å². The summed E-state index contributed by atoms with van der Waals surface area (Å²) in [5.74, 6) is -2.74. The van der Waals surface area contributed by atoms with Crippen LogP contribution >= 0.6 is 25.6 Å². The van der Waals surface area contributed by atoms with Crippen molar-refractivity contribution >= 4 is 43.4 Å². The summed E-state index contributed by atoms with van der Waals surface area (Å²) in [5, 5.41) is 8.89. The van der Waals surface area contributed by atoms with Crippen molar-refractivity contribution in [2.24, 2.45) is 5.92 Å². The van der Waals surface area contributed by atoms with Gasteiger partial charge in [0.1, 0.15) is 0 Å². The molecule has 0 spiro atoms. The van der Waals surface area contributed by atoms with Crippen LogP contribution in [0.5, 0.6) is 0 Å². The van der Waals surface area contributed by atoms with Crippen molar-refractivity contribution in [1.29, 1.82) is 0 Å². The number of amides is 2. The minimum absolute atomic E-state index is 0.0852. The zero-order valence-electron chi connectivity index (χ0n) is 8.95. The summed E-state index contributed by atoms with van der Waals surface area (Å²) in [6.45, 7) is 2.38. The quantitative estimate of drug-likeness (QED) is 0.616. The van der Waals surface area contributed by atoms with Gasteiger partial charge in [0.05, 0.1) is 5.92 Å². The number of thiol groups is 2. The predicted molar refractivity (Wildman–Crippen MR) is 63.9 cm³/mol. The molecular formula is C8H14N2O4S2. The SMILES string of the molecule is CC(=O)N(S)CC(CN(S)C(C)=O)C(=O)O. The number of nitrogens with zero attached hydrogens (tertiary/aromatic N) is 2. The van der Waals surface area contributed by atoms with E-state index in [1.807, 2.05) is 0 Å². The molecule has 8 heteroatoms. The number of carboxylic acids is 1. The number of carboxylic acid groups (broad SMARTS) is 1. The molecule has 0 radical (unpaired) electrons. The van der Waals surface area contributed by atoms with Gasteiger partial charge in [-0.05, 0) is 0 Å². The normalized spacial score (nSPS) is 10.1. The molecule has 0 aliphatic heterocycles. The highest BCUT2D eigenvalue weighted by Crippen LogP contribution is 2.08. The summed E-state index contributed by atoms with van der Waals surface area (Å²) in [5.41, 5.74) is 0. The molecule has 0 unspecified atom stereocenters. The molecule has 92 valence electrons. The molecule has 0 fully saturated rings. The van der Waals surface area contributed by atoms with Crippen molar-refractivity contribution in [3.05, 3.63) is 0 Å². The summed E-state index contributed by atoms with van der Waals surface area (Å²) in [6.07, 6.45) is 0. The van der Waals surface area contributed by atoms with Crippen LogP contribution in [0.1, 0.15) is 13.8 Å². The van der Waals surface area contributed by atoms with Crippen LogP contribution in [0.15, 0.2) is 0 Å². The first-order valence-electron chi connectivity index (χ1n) is 4.42. The molecule has 16 heavy (non-hydrogen) atoms. The van der Waals surface area contributed by atoms with E-state index in [2.05, 4.69) is 25.6 Å². The van der Waals surface area contributed by atoms with Gasteiger partial charge in [0.2, 0.25) is 11.8 Å². The fraction of sp³-hybridized carbons (Fsp3) is 0.625. The van der Waals surface area contributed by atoms with Crippen molar-refractivity contribution in [2.45, 2.75) is 13.8 Å². The van der Waals surface area contributed by atoms with Crippen LogP contribution in [0.25, 0.3) is 0 Å². The van der Waals surface area contributed by atoms with Crippen LogP contribution in [0.2, 0.25) is 0 Å². The molecule has 0 aromatic rings. The third-order valence-electron chi connectivity index (χ3n) is 1.86. The number of carbonyl (C=O) groups is 3. The number of rotatable bonds is 5. The lowest BCUT2D eigenvalue weighted by molar-refractivity contribution is -0.142. The standard InChI is InChI=1S/C8H14N2O4S2/c1-5(11)9(15)3-7(8(13)14)4-10(16)6(2)12/h7,15-16H,3-4H2,1-2H3,(H,13,14). The lowest BCUT2D eigenvalue weighted by atomic mass is 10.1. The fourth-order valence-electron chi connectivity index (χ4n) is 0.889. The van der Waals surface area contributed by atoms with Crippen molar-refractivity contribution in [1.82, 2.24) is 8.61 Å². The minimum atomic E-state index is -1.11. The van der Waals surface area contributed by atoms with E-state index >= 15 is 0 Å². The highest BCUT2D eigenvalue weighted by molar-refractivity contribution is 7.78. The van der Waals surface area contributed by atoms with Gasteiger partial charge in [0.25, 0.3) is 0 Å². The van der Waals surface area contributed by atoms with Gasteiger partial charge in [-0.1, -0.05) is 25.6 Å². The molecule has 0 heterocycles. The first-order valence-corrected chi connectivity index (χ1v) is 5.22. The first-order chi connectivity index (χ1) is 7.25. The van der Waals surface area contributed by atoms with Crippen molar-refractivity contribution in [3.8, 4) is 0 Å². The maximum Gasteiger partial charge on any atom is 0.310 e. The average molecular weight is 266 g/mol. The fourth-order valence-corrected chi connectivity index (χ4v) is 1.28. The number of hydrogen-bond donors (Lipinski definition) is 3. The number of hydrogen-bond acceptors (Lipinski definition) is 5. The van der Waals surface area contributed by atoms with Gasteiger partial charge < -0.3 is 5.11 Å². The Balaban J connectivity index is 4.45. The Labute approximate surface area is 105 Å². The van der Waals surface area contributed by atoms with Gasteiger partial charge >= 0.3 is 5.97 Å². The minimum Gasteiger partial charge on any atom is -0.481 e. The smallest absolute Gasteiger partial charge is 0.310 e. The Morgan fingerprint density at radius 3 is 1.56 bits per heavy atom. The van der Waals surface area contributed by atoms with Crippen LogP contribution in [0.3, 0.4) is 0 Å². The molecule has 6 nitrogen and oxygen atoms in total. The van der Waals surface area contributed by atoms with Crippen LogP contribution in [-0.4, -0.2) is 44.6 Å². The molecule has 2 amide bonds. The third-order valence-corrected chi connectivity index (χ3v) is 2.75. The predicted octanol–water partition coefficient (Wildman–Crippen LogP) is 0.0738. The second kappa shape index (κ2) is 6.64. The Hall–Kier alpha value is -0.890. The van der Waals surface area contributed by atoms with Crippen LogP contribution in [-0.2, 0) is 14.4 Å². The Morgan fingerprint density at radius 2 is 1.38 bits per heavy atom. The van der Waals surface area contributed by atoms with E-state index in [-0.39, 0.29) is 24.9 Å². The molecule has 0 saturated heterocycles. The van der Waals surface area contributed by atoms with E-state index in [9.17, 15) is 14.4 Å². The molecule has 1 N–H and O–H groups in total. The summed E-state index contributed by atoms with van der Waals surface area (Å²) in [7, 11) is 0. The molecule has 0 bridgehead atoms. The number of aliphatic carboxylic acids is 1. The summed E-state index contributed by atoms with van der Waals surface area (Å²) in [4.78, 5) is 32.6. The molecule has 0 atom stereocenters. The average Bonchev–Trinajstić information content (AvgIpc) is 2.15. The zero-order chi connectivity index (χ0) is 12.9. The van der Waals surface area contributed by atoms with Crippen molar-refractivity contribution in [2.75, 3.05) is 13.1 Å². The van der Waals surface area contributed by atoms with Gasteiger partial charge in [-0.2, -0.15) is 0 Å². The van der Waals surface area contributed by atoms with E-state index in [1.165, 1.54) is 13.8 Å². The second-order valence-corrected chi connectivity index (χ2v) is 4.20. The van der Waals surface area contributed by atoms with Gasteiger partial charge in [-0.3, -0.25) is 23.0 Å². The molecule has 0 aliphatic carbocycles. The van der Waals surface area contributed by atoms with E-state index < -0.39 is 11.9 Å². The van der Waals surface area contributed by atoms with E-state index in [0.29, 0.717) is 0 Å². The lowest BCUT2D eigenvalue weighted by Gasteiger charge is -2.22. The van der Waals surface area contributed by atoms with Gasteiger partial charge in [-0.15, -0.1) is 0 Å². The maximum atomic E-state index is 10.9. The Morgan fingerprint density at radius 1 is 1.06 bits per heavy atom. The zero-order valence-corrected chi connectivity index (χ0v) is 10.7. The molecular weight excluding hydrogens is 252 g/mol. The van der Waals surface area contributed by atoms with Crippen LogP contribution in [0, 0.1) is 5.92 Å². The van der Waals surface area contributed by atoms with Gasteiger partial charge in [0.15, 0.2) is 0 Å². The van der Waals surface area contributed by atoms with E-state index in [0.717, 1.165) is 8.61 Å². The maximum absolute atomic E-state index is 10.9. The van der Waals surface area contributed by atoms with Crippen LogP contribution in [0.4, 0.5) is 0 Å². The second-order valence-electron chi connectivity index (χ2n) is 3.24. The molecule has 0 rings (SSSR count). The highest BCUT2D eigenvalue weighted by atomic mass is 32.1. The molecule has 0 aromatic heterocycles. The summed E-state index contributed by atoms with van der Waals surface area (Å²) < 4.78 is 1.97. The summed E-state index contributed by atoms with van der Waals surface area (Å²) in [6, 6.07) is 0. The molecule has 0 saturated carbocycles. The Kier molecular flexibility index (Phi) is 6.27. The Bertz CT molecular complexity index is 276. The van der Waals surface area contributed by atoms with E-state index in [4.69, 9.17) is 5.11 Å². The molecule has 0 aliphatic rings. The topological polar surface area (TPSA) is 77.9 Å². The van der Waals surface area contributed by atoms with Gasteiger partial charge in [-0.25, -0.2) is 0 Å². The first kappa shape index (κ1) is 15.1. The van der Waals surface area contributed by atoms with Crippen molar-refractivity contribution in [3.63, 3.8) is 0 Å². The summed E-state index contributed by atoms with van der Waals surface area (Å²) >= 11 is 7.65. The van der Waals surface area contributed by atoms with Gasteiger partial charge in [0, 0.05) is 26.9 Å². The monoisotopic (exact) mass is 266 g/mol.